The Morgan fingerprint density at radius 3 is 2.50 bits per heavy atom. The molecule has 1 aliphatic heterocycles. The third-order valence-electron chi connectivity index (χ3n) is 5.95. The smallest absolute Gasteiger partial charge is 0.337 e. The lowest BCUT2D eigenvalue weighted by Gasteiger charge is -2.34. The lowest BCUT2D eigenvalue weighted by Crippen LogP contribution is -2.34. The van der Waals surface area contributed by atoms with Crippen molar-refractivity contribution in [3.05, 3.63) is 82.2 Å². The molecule has 0 amide bonds. The van der Waals surface area contributed by atoms with E-state index in [0.29, 0.717) is 34.8 Å². The van der Waals surface area contributed by atoms with Crippen LogP contribution in [0.2, 0.25) is 0 Å². The van der Waals surface area contributed by atoms with Crippen LogP contribution in [0.15, 0.2) is 71.1 Å². The number of carbonyl (C=O) groups is 2. The zero-order valence-electron chi connectivity index (χ0n) is 18.6. The molecule has 1 aliphatic carbocycles. The van der Waals surface area contributed by atoms with Crippen LogP contribution in [0, 0.1) is 0 Å². The predicted octanol–water partition coefficient (Wildman–Crippen LogP) is 4.42. The van der Waals surface area contributed by atoms with Crippen LogP contribution in [0.25, 0.3) is 0 Å². The largest absolute Gasteiger partial charge is 0.493 e. The molecule has 4 rings (SSSR count). The topological polar surface area (TPSA) is 73.9 Å². The van der Waals surface area contributed by atoms with Crippen molar-refractivity contribution in [2.75, 3.05) is 14.2 Å². The van der Waals surface area contributed by atoms with E-state index >= 15 is 0 Å². The number of rotatable bonds is 6. The Hall–Kier alpha value is -3.54. The Bertz CT molecular complexity index is 1100. The Morgan fingerprint density at radius 2 is 1.78 bits per heavy atom. The number of Topliss-reactive ketones (excluding diaryl/α,β-unsaturated/α-hetero) is 1. The monoisotopic (exact) mass is 433 g/mol. The van der Waals surface area contributed by atoms with Crippen LogP contribution in [0.1, 0.15) is 43.2 Å². The van der Waals surface area contributed by atoms with Gasteiger partial charge in [-0.05, 0) is 43.0 Å². The highest BCUT2D eigenvalue weighted by atomic mass is 16.5. The molecule has 0 radical (unpaired) electrons. The second-order valence-corrected chi connectivity index (χ2v) is 7.94. The Morgan fingerprint density at radius 1 is 1.03 bits per heavy atom. The number of esters is 1. The maximum Gasteiger partial charge on any atom is 0.337 e. The van der Waals surface area contributed by atoms with E-state index in [4.69, 9.17) is 14.2 Å². The van der Waals surface area contributed by atoms with Crippen LogP contribution < -0.4 is 14.8 Å². The highest BCUT2D eigenvalue weighted by Crippen LogP contribution is 2.44. The zero-order valence-corrected chi connectivity index (χ0v) is 18.6. The molecule has 1 heterocycles. The van der Waals surface area contributed by atoms with E-state index in [0.717, 1.165) is 29.7 Å². The SMILES string of the molecule is COc1ccc([C@H]2C(C(=O)OCc3ccccc3)=C(C)NC3=C2C(=O)CCC3)cc1OC. The summed E-state index contributed by atoms with van der Waals surface area (Å²) >= 11 is 0. The van der Waals surface area contributed by atoms with Crippen LogP contribution in [0.5, 0.6) is 11.5 Å². The molecule has 0 fully saturated rings. The first-order valence-corrected chi connectivity index (χ1v) is 10.7. The van der Waals surface area contributed by atoms with Crippen molar-refractivity contribution in [2.24, 2.45) is 0 Å². The lowest BCUT2D eigenvalue weighted by molar-refractivity contribution is -0.140. The predicted molar refractivity (Wildman–Crippen MR) is 120 cm³/mol. The van der Waals surface area contributed by atoms with E-state index in [1.807, 2.05) is 49.4 Å². The number of dihydropyridines is 1. The van der Waals surface area contributed by atoms with E-state index in [2.05, 4.69) is 5.32 Å². The molecular weight excluding hydrogens is 406 g/mol. The minimum absolute atomic E-state index is 0.0550. The molecule has 0 saturated carbocycles. The third-order valence-corrected chi connectivity index (χ3v) is 5.95. The number of methoxy groups -OCH3 is 2. The molecule has 1 atom stereocenters. The van der Waals surface area contributed by atoms with Gasteiger partial charge in [-0.15, -0.1) is 0 Å². The van der Waals surface area contributed by atoms with Gasteiger partial charge in [-0.3, -0.25) is 4.79 Å². The number of benzene rings is 2. The summed E-state index contributed by atoms with van der Waals surface area (Å²) in [5, 5.41) is 3.31. The summed E-state index contributed by atoms with van der Waals surface area (Å²) < 4.78 is 16.5. The van der Waals surface area contributed by atoms with Crippen molar-refractivity contribution in [2.45, 2.75) is 38.7 Å². The first-order chi connectivity index (χ1) is 15.5. The van der Waals surface area contributed by atoms with E-state index < -0.39 is 11.9 Å². The fourth-order valence-corrected chi connectivity index (χ4v) is 4.42. The zero-order chi connectivity index (χ0) is 22.7. The normalized spacial score (nSPS) is 18.1. The van der Waals surface area contributed by atoms with Gasteiger partial charge in [0.25, 0.3) is 0 Å². The second-order valence-electron chi connectivity index (χ2n) is 7.94. The Labute approximate surface area is 187 Å². The molecule has 0 unspecified atom stereocenters. The van der Waals surface area contributed by atoms with Crippen molar-refractivity contribution >= 4 is 11.8 Å². The van der Waals surface area contributed by atoms with Gasteiger partial charge in [0.05, 0.1) is 19.8 Å². The van der Waals surface area contributed by atoms with Gasteiger partial charge in [0.15, 0.2) is 17.3 Å². The van der Waals surface area contributed by atoms with Gasteiger partial charge in [-0.25, -0.2) is 4.79 Å². The van der Waals surface area contributed by atoms with Crippen LogP contribution in [-0.4, -0.2) is 26.0 Å². The van der Waals surface area contributed by atoms with Gasteiger partial charge in [0.2, 0.25) is 0 Å². The number of nitrogens with one attached hydrogen (secondary N) is 1. The summed E-state index contributed by atoms with van der Waals surface area (Å²) in [5.74, 6) is 0.219. The summed E-state index contributed by atoms with van der Waals surface area (Å²) in [6.07, 6.45) is 2.04. The van der Waals surface area contributed by atoms with Crippen LogP contribution in [0.4, 0.5) is 0 Å². The van der Waals surface area contributed by atoms with Gasteiger partial charge >= 0.3 is 5.97 Å². The van der Waals surface area contributed by atoms with Crippen molar-refractivity contribution < 1.29 is 23.8 Å². The van der Waals surface area contributed by atoms with Crippen molar-refractivity contribution in [3.63, 3.8) is 0 Å². The van der Waals surface area contributed by atoms with Gasteiger partial charge in [0, 0.05) is 29.3 Å². The van der Waals surface area contributed by atoms with Gasteiger partial charge in [-0.1, -0.05) is 36.4 Å². The van der Waals surface area contributed by atoms with Gasteiger partial charge in [0.1, 0.15) is 6.61 Å². The van der Waals surface area contributed by atoms with Crippen LogP contribution >= 0.6 is 0 Å². The molecule has 0 saturated heterocycles. The molecular formula is C26H27NO5. The molecule has 6 nitrogen and oxygen atoms in total. The van der Waals surface area contributed by atoms with Crippen molar-refractivity contribution in [1.29, 1.82) is 0 Å². The summed E-state index contributed by atoms with van der Waals surface area (Å²) in [6, 6.07) is 15.0. The standard InChI is InChI=1S/C26H27NO5/c1-16-23(26(29)32-15-17-8-5-4-6-9-17)24(25-19(27-16)10-7-11-20(25)28)18-12-13-21(30-2)22(14-18)31-3/h4-6,8-9,12-14,24,27H,7,10-11,15H2,1-3H3/t24-/m0/s1. The third kappa shape index (κ3) is 4.13. The number of ether oxygens (including phenoxy) is 3. The molecule has 6 heteroatoms. The number of carbonyl (C=O) groups excluding carboxylic acids is 2. The minimum Gasteiger partial charge on any atom is -0.493 e. The van der Waals surface area contributed by atoms with Gasteiger partial charge < -0.3 is 19.5 Å². The summed E-state index contributed by atoms with van der Waals surface area (Å²) in [4.78, 5) is 26.3. The average molecular weight is 434 g/mol. The maximum atomic E-state index is 13.3. The second kappa shape index (κ2) is 9.30. The molecule has 0 spiro atoms. The Balaban J connectivity index is 1.75. The van der Waals surface area contributed by atoms with E-state index in [-0.39, 0.29) is 12.4 Å². The van der Waals surface area contributed by atoms with Crippen molar-refractivity contribution in [1.82, 2.24) is 5.32 Å². The molecule has 32 heavy (non-hydrogen) atoms. The molecule has 2 aliphatic rings. The van der Waals surface area contributed by atoms with Gasteiger partial charge in [-0.2, -0.15) is 0 Å². The Kier molecular flexibility index (Phi) is 6.30. The molecule has 2 aromatic rings. The molecule has 0 bridgehead atoms. The number of hydrogen-bond acceptors (Lipinski definition) is 6. The fourth-order valence-electron chi connectivity index (χ4n) is 4.42. The summed E-state index contributed by atoms with van der Waals surface area (Å²) in [6.45, 7) is 2.02. The first-order valence-electron chi connectivity index (χ1n) is 10.7. The molecule has 2 aromatic carbocycles. The number of ketones is 1. The van der Waals surface area contributed by atoms with Crippen LogP contribution in [0.3, 0.4) is 0 Å². The quantitative estimate of drug-likeness (QED) is 0.680. The van der Waals surface area contributed by atoms with Crippen LogP contribution in [-0.2, 0) is 20.9 Å². The van der Waals surface area contributed by atoms with Crippen molar-refractivity contribution in [3.8, 4) is 11.5 Å². The highest BCUT2D eigenvalue weighted by molar-refractivity contribution is 6.03. The average Bonchev–Trinajstić information content (AvgIpc) is 2.82. The summed E-state index contributed by atoms with van der Waals surface area (Å²) in [5.41, 5.74) is 4.37. The minimum atomic E-state index is -0.526. The summed E-state index contributed by atoms with van der Waals surface area (Å²) in [7, 11) is 3.14. The maximum absolute atomic E-state index is 13.3. The van der Waals surface area contributed by atoms with E-state index in [1.165, 1.54) is 0 Å². The molecule has 166 valence electrons. The number of allylic oxidation sites excluding steroid dienone is 3. The highest BCUT2D eigenvalue weighted by Gasteiger charge is 2.39. The number of hydrogen-bond donors (Lipinski definition) is 1. The van der Waals surface area contributed by atoms with E-state index in [1.54, 1.807) is 20.3 Å². The lowest BCUT2D eigenvalue weighted by atomic mass is 9.75. The molecule has 1 N–H and O–H groups in total. The first kappa shape index (κ1) is 21.7. The molecule has 0 aromatic heterocycles. The fraction of sp³-hybridized carbons (Fsp3) is 0.308. The van der Waals surface area contributed by atoms with E-state index in [9.17, 15) is 9.59 Å².